The zero-order valence-electron chi connectivity index (χ0n) is 16.8. The molecule has 0 bridgehead atoms. The number of carbonyl (C=O) groups excluding carboxylic acids is 3. The highest BCUT2D eigenvalue weighted by Crippen LogP contribution is 2.06. The Balaban J connectivity index is 5.44. The maximum Gasteiger partial charge on any atom is 0.326 e. The Kier molecular flexibility index (Phi) is 10.8. The maximum atomic E-state index is 12.5. The lowest BCUT2D eigenvalue weighted by molar-refractivity contribution is -0.144. The average molecular weight is 418 g/mol. The van der Waals surface area contributed by atoms with E-state index in [9.17, 15) is 34.2 Å². The summed E-state index contributed by atoms with van der Waals surface area (Å²) in [7, 11) is 0. The number of aliphatic hydroxyl groups is 1. The summed E-state index contributed by atoms with van der Waals surface area (Å²) >= 11 is 0. The highest BCUT2D eigenvalue weighted by Gasteiger charge is 2.32. The molecule has 0 saturated carbocycles. The Hall–Kier alpha value is -2.73. The molecule has 0 saturated heterocycles. The number of carboxylic acid groups (broad SMARTS) is 2. The first-order valence-corrected chi connectivity index (χ1v) is 9.07. The number of carbonyl (C=O) groups is 5. The van der Waals surface area contributed by atoms with E-state index >= 15 is 0 Å². The lowest BCUT2D eigenvalue weighted by atomic mass is 10.0. The summed E-state index contributed by atoms with van der Waals surface area (Å²) in [6.07, 6.45) is -2.16. The van der Waals surface area contributed by atoms with Crippen LogP contribution in [0.5, 0.6) is 0 Å². The molecular formula is C17H30N4O8. The second kappa shape index (κ2) is 12.0. The van der Waals surface area contributed by atoms with Crippen LogP contribution in [0.4, 0.5) is 0 Å². The summed E-state index contributed by atoms with van der Waals surface area (Å²) in [4.78, 5) is 58.9. The fourth-order valence-corrected chi connectivity index (χ4v) is 2.26. The van der Waals surface area contributed by atoms with Gasteiger partial charge in [0.2, 0.25) is 17.7 Å². The van der Waals surface area contributed by atoms with E-state index in [1.54, 1.807) is 13.8 Å². The third-order valence-corrected chi connectivity index (χ3v) is 3.99. The van der Waals surface area contributed by atoms with E-state index in [0.717, 1.165) is 0 Å². The summed E-state index contributed by atoms with van der Waals surface area (Å²) in [5, 5.41) is 34.6. The van der Waals surface area contributed by atoms with Gasteiger partial charge in [0.1, 0.15) is 18.1 Å². The molecule has 0 fully saturated rings. The maximum absolute atomic E-state index is 12.5. The van der Waals surface area contributed by atoms with E-state index in [4.69, 9.17) is 10.8 Å². The van der Waals surface area contributed by atoms with Gasteiger partial charge in [0.15, 0.2) is 0 Å². The van der Waals surface area contributed by atoms with Crippen molar-refractivity contribution in [2.24, 2.45) is 11.7 Å². The van der Waals surface area contributed by atoms with Gasteiger partial charge < -0.3 is 37.0 Å². The van der Waals surface area contributed by atoms with Crippen molar-refractivity contribution in [1.29, 1.82) is 0 Å². The second-order valence-corrected chi connectivity index (χ2v) is 7.08. The summed E-state index contributed by atoms with van der Waals surface area (Å²) in [5.74, 6) is -5.55. The first-order valence-electron chi connectivity index (χ1n) is 9.07. The number of amides is 3. The Morgan fingerprint density at radius 2 is 1.34 bits per heavy atom. The molecule has 3 amide bonds. The number of rotatable bonds is 12. The molecule has 5 unspecified atom stereocenters. The van der Waals surface area contributed by atoms with Crippen molar-refractivity contribution in [3.8, 4) is 0 Å². The minimum absolute atomic E-state index is 0.328. The third-order valence-electron chi connectivity index (χ3n) is 3.99. The lowest BCUT2D eigenvalue weighted by Gasteiger charge is -2.26. The molecule has 5 atom stereocenters. The molecule has 0 heterocycles. The summed E-state index contributed by atoms with van der Waals surface area (Å²) in [6.45, 7) is 5.73. The summed E-state index contributed by atoms with van der Waals surface area (Å²) in [5.41, 5.74) is 5.42. The molecule has 0 aromatic carbocycles. The monoisotopic (exact) mass is 418 g/mol. The molecule has 0 aliphatic heterocycles. The van der Waals surface area contributed by atoms with E-state index in [0.29, 0.717) is 0 Å². The van der Waals surface area contributed by atoms with Crippen LogP contribution in [0.1, 0.15) is 40.5 Å². The molecule has 0 radical (unpaired) electrons. The van der Waals surface area contributed by atoms with E-state index < -0.39 is 72.3 Å². The minimum Gasteiger partial charge on any atom is -0.481 e. The van der Waals surface area contributed by atoms with Gasteiger partial charge in [-0.25, -0.2) is 4.79 Å². The number of aliphatic carboxylic acids is 2. The van der Waals surface area contributed by atoms with Crippen LogP contribution < -0.4 is 21.7 Å². The normalized spacial score (nSPS) is 16.1. The number of aliphatic hydroxyl groups excluding tert-OH is 1. The number of carboxylic acids is 2. The van der Waals surface area contributed by atoms with Crippen molar-refractivity contribution >= 4 is 29.7 Å². The van der Waals surface area contributed by atoms with Gasteiger partial charge in [-0.2, -0.15) is 0 Å². The Morgan fingerprint density at radius 1 is 0.828 bits per heavy atom. The lowest BCUT2D eigenvalue weighted by Crippen LogP contribution is -2.59. The van der Waals surface area contributed by atoms with Crippen molar-refractivity contribution in [2.45, 2.75) is 70.8 Å². The molecule has 12 heteroatoms. The predicted octanol–water partition coefficient (Wildman–Crippen LogP) is -2.23. The zero-order valence-corrected chi connectivity index (χ0v) is 16.8. The van der Waals surface area contributed by atoms with Crippen LogP contribution >= 0.6 is 0 Å². The van der Waals surface area contributed by atoms with Gasteiger partial charge in [0.05, 0.1) is 12.1 Å². The smallest absolute Gasteiger partial charge is 0.326 e. The fourth-order valence-electron chi connectivity index (χ4n) is 2.26. The molecule has 0 aromatic rings. The first-order chi connectivity index (χ1) is 13.3. The van der Waals surface area contributed by atoms with Crippen molar-refractivity contribution in [3.63, 3.8) is 0 Å². The predicted molar refractivity (Wildman–Crippen MR) is 100 cm³/mol. The Morgan fingerprint density at radius 3 is 1.72 bits per heavy atom. The number of nitrogens with two attached hydrogens (primary N) is 1. The molecule has 0 spiro atoms. The number of nitrogens with one attached hydrogen (secondary N) is 3. The van der Waals surface area contributed by atoms with Crippen molar-refractivity contribution in [2.75, 3.05) is 0 Å². The average Bonchev–Trinajstić information content (AvgIpc) is 2.58. The van der Waals surface area contributed by atoms with Gasteiger partial charge in [0.25, 0.3) is 0 Å². The van der Waals surface area contributed by atoms with Crippen LogP contribution in [-0.2, 0) is 24.0 Å². The van der Waals surface area contributed by atoms with E-state index in [1.165, 1.54) is 13.8 Å². The topological polar surface area (TPSA) is 208 Å². The third kappa shape index (κ3) is 9.34. The van der Waals surface area contributed by atoms with Gasteiger partial charge in [-0.05, 0) is 26.2 Å². The van der Waals surface area contributed by atoms with Gasteiger partial charge in [-0.3, -0.25) is 19.2 Å². The van der Waals surface area contributed by atoms with Gasteiger partial charge in [-0.1, -0.05) is 13.8 Å². The van der Waals surface area contributed by atoms with Crippen molar-refractivity contribution in [3.05, 3.63) is 0 Å². The summed E-state index contributed by atoms with van der Waals surface area (Å²) in [6, 6.07) is -5.06. The molecule has 29 heavy (non-hydrogen) atoms. The Labute approximate surface area is 168 Å². The van der Waals surface area contributed by atoms with Crippen molar-refractivity contribution in [1.82, 2.24) is 16.0 Å². The minimum atomic E-state index is -1.45. The van der Waals surface area contributed by atoms with E-state index in [-0.39, 0.29) is 6.42 Å². The Bertz CT molecular complexity index is 621. The zero-order chi connectivity index (χ0) is 22.9. The van der Waals surface area contributed by atoms with Crippen LogP contribution in [0.25, 0.3) is 0 Å². The number of hydrogen-bond acceptors (Lipinski definition) is 7. The fraction of sp³-hybridized carbons (Fsp3) is 0.706. The largest absolute Gasteiger partial charge is 0.481 e. The molecule has 8 N–H and O–H groups in total. The molecule has 0 aliphatic carbocycles. The van der Waals surface area contributed by atoms with Gasteiger partial charge in [-0.15, -0.1) is 0 Å². The quantitative estimate of drug-likeness (QED) is 0.183. The van der Waals surface area contributed by atoms with Gasteiger partial charge >= 0.3 is 11.9 Å². The van der Waals surface area contributed by atoms with Crippen molar-refractivity contribution < 1.29 is 39.3 Å². The second-order valence-electron chi connectivity index (χ2n) is 7.08. The molecule has 0 rings (SSSR count). The summed E-state index contributed by atoms with van der Waals surface area (Å²) < 4.78 is 0. The van der Waals surface area contributed by atoms with Gasteiger partial charge in [0, 0.05) is 6.42 Å². The standard InChI is InChI=1S/C17H30N4O8/c1-7(2)12(17(28)29)20-15(26)10(5-6-11(23)24)19-16(27)13(9(4)22)21-14(25)8(3)18/h7-10,12-13,22H,5-6,18H2,1-4H3,(H,19,27)(H,20,26)(H,21,25)(H,23,24)(H,28,29). The number of hydrogen-bond donors (Lipinski definition) is 7. The molecular weight excluding hydrogens is 388 g/mol. The van der Waals surface area contributed by atoms with Crippen LogP contribution in [-0.4, -0.2) is 75.3 Å². The van der Waals surface area contributed by atoms with Crippen LogP contribution in [0.2, 0.25) is 0 Å². The molecule has 0 aromatic heterocycles. The molecule has 12 nitrogen and oxygen atoms in total. The molecule has 166 valence electrons. The highest BCUT2D eigenvalue weighted by molar-refractivity contribution is 5.94. The van der Waals surface area contributed by atoms with E-state index in [1.807, 2.05) is 0 Å². The van der Waals surface area contributed by atoms with Crippen LogP contribution in [0.15, 0.2) is 0 Å². The highest BCUT2D eigenvalue weighted by atomic mass is 16.4. The van der Waals surface area contributed by atoms with Crippen LogP contribution in [0, 0.1) is 5.92 Å². The SMILES string of the molecule is CC(N)C(=O)NC(C(=O)NC(CCC(=O)O)C(=O)NC(C(=O)O)C(C)C)C(C)O. The van der Waals surface area contributed by atoms with E-state index in [2.05, 4.69) is 16.0 Å². The first kappa shape index (κ1) is 26.3. The van der Waals surface area contributed by atoms with Crippen LogP contribution in [0.3, 0.4) is 0 Å². The molecule has 0 aliphatic rings.